The molecule has 336 valence electrons. The monoisotopic (exact) mass is 873 g/mol. The minimum absolute atomic E-state index is 0. The maximum atomic E-state index is 10.4. The average molecular weight is 871 g/mol. The molecule has 0 N–H and O–H groups in total. The van der Waals surface area contributed by atoms with Gasteiger partial charge < -0.3 is 30.6 Å². The summed E-state index contributed by atoms with van der Waals surface area (Å²) in [6, 6.07) is 0. The third-order valence-corrected chi connectivity index (χ3v) is 10.7. The van der Waals surface area contributed by atoms with Crippen LogP contribution in [0.1, 0.15) is 237 Å². The van der Waals surface area contributed by atoms with Crippen LogP contribution in [0.15, 0.2) is 0 Å². The molecule has 0 saturated heterocycles. The molecule has 6 nitrogen and oxygen atoms in total. The molecule has 0 aromatic heterocycles. The van der Waals surface area contributed by atoms with Gasteiger partial charge in [-0.1, -0.05) is 273 Å². The molecule has 0 aliphatic heterocycles. The molecule has 0 aliphatic carbocycles. The number of hydrogen-bond donors (Lipinski definition) is 0. The van der Waals surface area contributed by atoms with Gasteiger partial charge in [0.1, 0.15) is 0 Å². The Hall–Kier alpha value is 0.448. The molecule has 6 unspecified atom stereocenters. The van der Waals surface area contributed by atoms with Crippen molar-refractivity contribution in [3.05, 3.63) is 0 Å². The molecule has 0 radical (unpaired) electrons. The van der Waals surface area contributed by atoms with E-state index in [0.717, 1.165) is 77.0 Å². The van der Waals surface area contributed by atoms with E-state index in [1.165, 1.54) is 77.0 Å². The third kappa shape index (κ3) is 63.8. The first-order valence-electron chi connectivity index (χ1n) is 23.6. The molecular weight excluding hydrogens is 768 g/mol. The van der Waals surface area contributed by atoms with Gasteiger partial charge in [0, 0.05) is 0 Å². The van der Waals surface area contributed by atoms with Crippen molar-refractivity contribution < 1.29 is 51.7 Å². The van der Waals surface area contributed by atoms with Gasteiger partial charge in [-0.25, -0.2) is 0 Å². The van der Waals surface area contributed by atoms with Crippen molar-refractivity contribution in [1.29, 1.82) is 0 Å². The van der Waals surface area contributed by atoms with Crippen molar-refractivity contribution in [2.24, 2.45) is 35.5 Å². The van der Waals surface area contributed by atoms with Crippen molar-refractivity contribution >= 4 is 0 Å². The van der Waals surface area contributed by atoms with E-state index in [2.05, 4.69) is 83.1 Å². The standard InChI is InChI=1S/6C8H17O.Mo/c6*1-3-5-6-8(4-2)7-9;/h6*8H,3-7H2,1-2H3;/q6*-1;+6. The van der Waals surface area contributed by atoms with Gasteiger partial charge >= 0.3 is 21.1 Å². The van der Waals surface area contributed by atoms with Crippen molar-refractivity contribution in [2.45, 2.75) is 237 Å². The normalized spacial score (nSPS) is 13.4. The summed E-state index contributed by atoms with van der Waals surface area (Å²) in [5.74, 6) is 2.69. The van der Waals surface area contributed by atoms with Crippen LogP contribution >= 0.6 is 0 Å². The van der Waals surface area contributed by atoms with E-state index < -0.39 is 0 Å². The van der Waals surface area contributed by atoms with Gasteiger partial charge in [-0.2, -0.15) is 0 Å². The minimum atomic E-state index is 0. The number of rotatable bonds is 30. The van der Waals surface area contributed by atoms with E-state index in [-0.39, 0.29) is 60.7 Å². The Morgan fingerprint density at radius 1 is 0.236 bits per heavy atom. The molecule has 0 bridgehead atoms. The van der Waals surface area contributed by atoms with Gasteiger partial charge in [-0.15, -0.1) is 39.6 Å². The molecule has 0 aliphatic rings. The second-order valence-electron chi connectivity index (χ2n) is 15.5. The first kappa shape index (κ1) is 70.0. The molecule has 0 aromatic carbocycles. The fourth-order valence-corrected chi connectivity index (χ4v) is 5.39. The third-order valence-electron chi connectivity index (χ3n) is 10.7. The van der Waals surface area contributed by atoms with Crippen LogP contribution in [0.5, 0.6) is 0 Å². The Labute approximate surface area is 362 Å². The van der Waals surface area contributed by atoms with Crippen LogP contribution in [0, 0.1) is 35.5 Å². The Balaban J connectivity index is -0.000000100. The minimum Gasteiger partial charge on any atom is -0.854 e. The summed E-state index contributed by atoms with van der Waals surface area (Å²) >= 11 is 0. The Bertz CT molecular complexity index is 422. The average Bonchev–Trinajstić information content (AvgIpc) is 3.21. The maximum absolute atomic E-state index is 10.4. The van der Waals surface area contributed by atoms with Crippen LogP contribution < -0.4 is 30.6 Å². The Kier molecular flexibility index (Phi) is 84.4. The van der Waals surface area contributed by atoms with Gasteiger partial charge in [0.2, 0.25) is 0 Å². The zero-order chi connectivity index (χ0) is 42.7. The smallest absolute Gasteiger partial charge is 0.854 e. The molecule has 7 heteroatoms. The molecule has 55 heavy (non-hydrogen) atoms. The summed E-state index contributed by atoms with van der Waals surface area (Å²) in [5.41, 5.74) is 0. The van der Waals surface area contributed by atoms with Gasteiger partial charge in [0.05, 0.1) is 0 Å². The van der Waals surface area contributed by atoms with E-state index in [1.807, 2.05) is 0 Å². The molecule has 6 atom stereocenters. The molecule has 0 rings (SSSR count). The summed E-state index contributed by atoms with van der Waals surface area (Å²) < 4.78 is 0. The van der Waals surface area contributed by atoms with Crippen LogP contribution in [0.25, 0.3) is 0 Å². The second kappa shape index (κ2) is 66.3. The molecule has 0 amide bonds. The van der Waals surface area contributed by atoms with E-state index in [9.17, 15) is 30.6 Å². The molecule has 0 fully saturated rings. The molecule has 0 spiro atoms. The zero-order valence-electron chi connectivity index (χ0n) is 39.5. The second-order valence-corrected chi connectivity index (χ2v) is 15.5. The number of unbranched alkanes of at least 4 members (excludes halogenated alkanes) is 6. The van der Waals surface area contributed by atoms with Gasteiger partial charge in [-0.3, -0.25) is 0 Å². The topological polar surface area (TPSA) is 138 Å². The SMILES string of the molecule is CCCCC(CC)C[O-].CCCCC(CC)C[O-].CCCCC(CC)C[O-].CCCCC(CC)C[O-].CCCCC(CC)C[O-].CCCCC(CC)C[O-].[Mo+6]. The zero-order valence-corrected chi connectivity index (χ0v) is 41.5. The fraction of sp³-hybridized carbons (Fsp3) is 1.00. The summed E-state index contributed by atoms with van der Waals surface area (Å²) in [6.07, 6.45) is 27.8. The molecule has 0 saturated carbocycles. The van der Waals surface area contributed by atoms with Gasteiger partial charge in [-0.05, 0) is 0 Å². The van der Waals surface area contributed by atoms with Gasteiger partial charge in [0.25, 0.3) is 0 Å². The first-order valence-corrected chi connectivity index (χ1v) is 23.6. The van der Waals surface area contributed by atoms with Crippen LogP contribution in [-0.4, -0.2) is 39.6 Å². The molecule has 0 aromatic rings. The van der Waals surface area contributed by atoms with Crippen molar-refractivity contribution in [3.8, 4) is 0 Å². The predicted octanol–water partition coefficient (Wildman–Crippen LogP) is 9.38. The number of hydrogen-bond acceptors (Lipinski definition) is 6. The van der Waals surface area contributed by atoms with E-state index in [0.29, 0.717) is 35.5 Å². The van der Waals surface area contributed by atoms with Crippen LogP contribution in [0.2, 0.25) is 0 Å². The Morgan fingerprint density at radius 2 is 0.345 bits per heavy atom. The van der Waals surface area contributed by atoms with Gasteiger partial charge in [0.15, 0.2) is 0 Å². The van der Waals surface area contributed by atoms with Crippen LogP contribution in [0.3, 0.4) is 0 Å². The molecular formula is C48H102MoO6. The Morgan fingerprint density at radius 3 is 0.400 bits per heavy atom. The van der Waals surface area contributed by atoms with E-state index in [4.69, 9.17) is 0 Å². The van der Waals surface area contributed by atoms with Crippen molar-refractivity contribution in [3.63, 3.8) is 0 Å². The maximum Gasteiger partial charge on any atom is 6.00 e. The van der Waals surface area contributed by atoms with E-state index >= 15 is 0 Å². The summed E-state index contributed by atoms with van der Waals surface area (Å²) in [7, 11) is 0. The summed E-state index contributed by atoms with van der Waals surface area (Å²) in [6.45, 7) is 26.3. The van der Waals surface area contributed by atoms with Crippen LogP contribution in [0.4, 0.5) is 0 Å². The van der Waals surface area contributed by atoms with E-state index in [1.54, 1.807) is 0 Å². The van der Waals surface area contributed by atoms with Crippen molar-refractivity contribution in [1.82, 2.24) is 0 Å². The fourth-order valence-electron chi connectivity index (χ4n) is 5.39. The largest absolute Gasteiger partial charge is 6.00 e. The quantitative estimate of drug-likeness (QED) is 0.0660. The predicted molar refractivity (Wildman–Crippen MR) is 229 cm³/mol. The van der Waals surface area contributed by atoms with Crippen LogP contribution in [-0.2, 0) is 21.1 Å². The summed E-state index contributed by atoms with van der Waals surface area (Å²) in [5, 5.41) is 62.2. The first-order chi connectivity index (χ1) is 26.1. The van der Waals surface area contributed by atoms with Crippen molar-refractivity contribution in [2.75, 3.05) is 39.6 Å². The summed E-state index contributed by atoms with van der Waals surface area (Å²) in [4.78, 5) is 0. The molecule has 0 heterocycles.